The van der Waals surface area contributed by atoms with E-state index in [0.717, 1.165) is 0 Å². The smallest absolute Gasteiger partial charge is 0.0669 e. The summed E-state index contributed by atoms with van der Waals surface area (Å²) in [6.07, 6.45) is 4.07. The van der Waals surface area contributed by atoms with Crippen LogP contribution in [0.5, 0.6) is 0 Å². The Kier molecular flexibility index (Phi) is 1.53. The Morgan fingerprint density at radius 2 is 2.08 bits per heavy atom. The number of aromatic nitrogens is 1. The summed E-state index contributed by atoms with van der Waals surface area (Å²) < 4.78 is 0. The van der Waals surface area contributed by atoms with E-state index in [-0.39, 0.29) is 0 Å². The lowest BCUT2D eigenvalue weighted by Gasteiger charge is -2.09. The van der Waals surface area contributed by atoms with Crippen LogP contribution < -0.4 is 0 Å². The van der Waals surface area contributed by atoms with E-state index >= 15 is 0 Å². The van der Waals surface area contributed by atoms with E-state index in [1.165, 1.54) is 22.4 Å². The number of hydrogen-bond acceptors (Lipinski definition) is 1. The summed E-state index contributed by atoms with van der Waals surface area (Å²) in [4.78, 5) is 4.34. The monoisotopic (exact) mass is 159 g/mol. The number of aryl methyl sites for hydroxylation is 1. The Balaban J connectivity index is 2.63. The van der Waals surface area contributed by atoms with Crippen molar-refractivity contribution in [2.75, 3.05) is 0 Å². The molecule has 0 fully saturated rings. The number of fused-ring (bicyclic) bond motifs is 1. The number of hydrogen-bond donors (Lipinski definition) is 0. The van der Waals surface area contributed by atoms with Crippen molar-refractivity contribution in [2.45, 2.75) is 26.7 Å². The molecule has 1 atom stereocenters. The van der Waals surface area contributed by atoms with Gasteiger partial charge < -0.3 is 0 Å². The van der Waals surface area contributed by atoms with Gasteiger partial charge in [-0.1, -0.05) is 12.5 Å². The van der Waals surface area contributed by atoms with Gasteiger partial charge in [0.25, 0.3) is 0 Å². The molecule has 0 N–H and O–H groups in total. The van der Waals surface area contributed by atoms with E-state index < -0.39 is 0 Å². The van der Waals surface area contributed by atoms with Crippen molar-refractivity contribution in [3.05, 3.63) is 34.7 Å². The molecule has 12 heavy (non-hydrogen) atoms. The summed E-state index contributed by atoms with van der Waals surface area (Å²) in [6.45, 7) is 6.57. The zero-order valence-corrected chi connectivity index (χ0v) is 7.76. The highest BCUT2D eigenvalue weighted by molar-refractivity contribution is 5.64. The van der Waals surface area contributed by atoms with Gasteiger partial charge in [-0.3, -0.25) is 4.98 Å². The van der Waals surface area contributed by atoms with Crippen LogP contribution in [-0.2, 0) is 0 Å². The third kappa shape index (κ3) is 0.893. The van der Waals surface area contributed by atoms with E-state index in [0.29, 0.717) is 5.92 Å². The fourth-order valence-electron chi connectivity index (χ4n) is 1.84. The van der Waals surface area contributed by atoms with Crippen LogP contribution in [-0.4, -0.2) is 4.98 Å². The van der Waals surface area contributed by atoms with Gasteiger partial charge in [-0.15, -0.1) is 0 Å². The molecule has 1 heteroatoms. The van der Waals surface area contributed by atoms with Crippen molar-refractivity contribution in [1.82, 2.24) is 4.98 Å². The van der Waals surface area contributed by atoms with Gasteiger partial charge >= 0.3 is 0 Å². The van der Waals surface area contributed by atoms with Crippen LogP contribution in [0.3, 0.4) is 0 Å². The topological polar surface area (TPSA) is 12.9 Å². The molecule has 2 rings (SSSR count). The molecule has 0 aliphatic heterocycles. The first kappa shape index (κ1) is 7.53. The summed E-state index contributed by atoms with van der Waals surface area (Å²) in [5, 5.41) is 0. The summed E-state index contributed by atoms with van der Waals surface area (Å²) in [5.74, 6) is 0.564. The first-order valence-corrected chi connectivity index (χ1v) is 4.34. The van der Waals surface area contributed by atoms with E-state index in [2.05, 4.69) is 37.9 Å². The molecule has 1 aromatic heterocycles. The molecule has 1 nitrogen and oxygen atoms in total. The molecule has 0 amide bonds. The van der Waals surface area contributed by atoms with Crippen LogP contribution in [0.1, 0.15) is 36.6 Å². The second-order valence-electron chi connectivity index (χ2n) is 3.54. The molecule has 0 saturated carbocycles. The number of allylic oxidation sites excluding steroid dienone is 1. The van der Waals surface area contributed by atoms with Crippen molar-refractivity contribution in [1.29, 1.82) is 0 Å². The Morgan fingerprint density at radius 3 is 2.75 bits per heavy atom. The van der Waals surface area contributed by atoms with Crippen molar-refractivity contribution in [3.63, 3.8) is 0 Å². The highest BCUT2D eigenvalue weighted by Gasteiger charge is 2.20. The maximum absolute atomic E-state index is 4.34. The Labute approximate surface area is 73.1 Å². The van der Waals surface area contributed by atoms with E-state index in [4.69, 9.17) is 0 Å². The molecule has 0 saturated heterocycles. The predicted octanol–water partition coefficient (Wildman–Crippen LogP) is 2.91. The van der Waals surface area contributed by atoms with Crippen molar-refractivity contribution < 1.29 is 0 Å². The van der Waals surface area contributed by atoms with Gasteiger partial charge in [-0.25, -0.2) is 0 Å². The van der Waals surface area contributed by atoms with Gasteiger partial charge in [-0.05, 0) is 37.1 Å². The molecular weight excluding hydrogens is 146 g/mol. The minimum atomic E-state index is 0.564. The first-order chi connectivity index (χ1) is 5.70. The molecule has 0 spiro atoms. The minimum absolute atomic E-state index is 0.564. The average Bonchev–Trinajstić information content (AvgIpc) is 2.29. The minimum Gasteiger partial charge on any atom is -0.257 e. The standard InChI is InChI=1S/C11H13N/c1-7-4-5-12-10-6-8(2)9(3)11(7)10/h4-6,9H,1-3H3. The maximum Gasteiger partial charge on any atom is 0.0669 e. The molecule has 0 bridgehead atoms. The Morgan fingerprint density at radius 1 is 1.33 bits per heavy atom. The van der Waals surface area contributed by atoms with Gasteiger partial charge in [0, 0.05) is 12.1 Å². The second kappa shape index (κ2) is 2.44. The lowest BCUT2D eigenvalue weighted by atomic mass is 9.97. The number of nitrogens with zero attached hydrogens (tertiary/aromatic N) is 1. The van der Waals surface area contributed by atoms with E-state index in [1.807, 2.05) is 6.20 Å². The fourth-order valence-corrected chi connectivity index (χ4v) is 1.84. The third-order valence-corrected chi connectivity index (χ3v) is 2.72. The van der Waals surface area contributed by atoms with Crippen LogP contribution in [0.2, 0.25) is 0 Å². The summed E-state index contributed by atoms with van der Waals surface area (Å²) in [6, 6.07) is 2.09. The first-order valence-electron chi connectivity index (χ1n) is 4.34. The normalized spacial score (nSPS) is 20.6. The van der Waals surface area contributed by atoms with Crippen LogP contribution >= 0.6 is 0 Å². The number of pyridine rings is 1. The molecule has 1 aromatic rings. The molecule has 0 radical (unpaired) electrons. The second-order valence-corrected chi connectivity index (χ2v) is 3.54. The zero-order chi connectivity index (χ0) is 8.72. The molecular formula is C11H13N. The van der Waals surface area contributed by atoms with E-state index in [9.17, 15) is 0 Å². The molecule has 1 unspecified atom stereocenters. The van der Waals surface area contributed by atoms with Gasteiger partial charge in [0.05, 0.1) is 5.69 Å². The SMILES string of the molecule is CC1=Cc2nccc(C)c2C1C. The summed E-state index contributed by atoms with van der Waals surface area (Å²) in [7, 11) is 0. The Bertz CT molecular complexity index is 350. The average molecular weight is 159 g/mol. The van der Waals surface area contributed by atoms with Gasteiger partial charge in [-0.2, -0.15) is 0 Å². The lowest BCUT2D eigenvalue weighted by Crippen LogP contribution is -1.95. The fraction of sp³-hybridized carbons (Fsp3) is 0.364. The quantitative estimate of drug-likeness (QED) is 0.567. The van der Waals surface area contributed by atoms with Crippen LogP contribution in [0.15, 0.2) is 17.8 Å². The van der Waals surface area contributed by atoms with Crippen LogP contribution in [0, 0.1) is 6.92 Å². The largest absolute Gasteiger partial charge is 0.257 e. The van der Waals surface area contributed by atoms with Crippen molar-refractivity contribution in [3.8, 4) is 0 Å². The molecule has 1 aliphatic rings. The highest BCUT2D eigenvalue weighted by atomic mass is 14.7. The summed E-state index contributed by atoms with van der Waals surface area (Å²) >= 11 is 0. The Hall–Kier alpha value is -1.11. The molecule has 62 valence electrons. The zero-order valence-electron chi connectivity index (χ0n) is 7.76. The van der Waals surface area contributed by atoms with Crippen molar-refractivity contribution >= 4 is 6.08 Å². The number of rotatable bonds is 0. The van der Waals surface area contributed by atoms with Gasteiger partial charge in [0.15, 0.2) is 0 Å². The molecule has 1 heterocycles. The lowest BCUT2D eigenvalue weighted by molar-refractivity contribution is 0.902. The highest BCUT2D eigenvalue weighted by Crippen LogP contribution is 2.35. The molecule has 1 aliphatic carbocycles. The predicted molar refractivity (Wildman–Crippen MR) is 51.0 cm³/mol. The van der Waals surface area contributed by atoms with Crippen molar-refractivity contribution in [2.24, 2.45) is 0 Å². The van der Waals surface area contributed by atoms with Crippen LogP contribution in [0.4, 0.5) is 0 Å². The van der Waals surface area contributed by atoms with E-state index in [1.54, 1.807) is 0 Å². The van der Waals surface area contributed by atoms with Crippen LogP contribution in [0.25, 0.3) is 6.08 Å². The maximum atomic E-state index is 4.34. The summed E-state index contributed by atoms with van der Waals surface area (Å²) in [5.41, 5.74) is 5.36. The third-order valence-electron chi connectivity index (χ3n) is 2.72. The van der Waals surface area contributed by atoms with Gasteiger partial charge in [0.2, 0.25) is 0 Å². The van der Waals surface area contributed by atoms with Gasteiger partial charge in [0.1, 0.15) is 0 Å². The molecule has 0 aromatic carbocycles.